The molecule has 1 fully saturated rings. The topological polar surface area (TPSA) is 88.9 Å². The maximum Gasteiger partial charge on any atom is 0.387 e. The number of anilines is 1. The van der Waals surface area contributed by atoms with Crippen molar-refractivity contribution in [1.82, 2.24) is 19.8 Å². The van der Waals surface area contributed by atoms with Crippen LogP contribution in [0.3, 0.4) is 0 Å². The van der Waals surface area contributed by atoms with Crippen LogP contribution in [-0.4, -0.2) is 39.5 Å². The molecule has 0 spiro atoms. The number of nitrogens with one attached hydrogen (secondary N) is 1. The molecule has 12 heteroatoms. The molecule has 3 aromatic carbocycles. The summed E-state index contributed by atoms with van der Waals surface area (Å²) in [5.74, 6) is 0.851. The van der Waals surface area contributed by atoms with Crippen molar-refractivity contribution in [3.63, 3.8) is 0 Å². The van der Waals surface area contributed by atoms with Crippen molar-refractivity contribution in [2.24, 2.45) is 7.05 Å². The summed E-state index contributed by atoms with van der Waals surface area (Å²) in [6, 6.07) is 15.1. The fourth-order valence-corrected chi connectivity index (χ4v) is 5.62. The molecule has 3 heterocycles. The molecule has 1 saturated heterocycles. The summed E-state index contributed by atoms with van der Waals surface area (Å²) in [5, 5.41) is 2.33. The fourth-order valence-electron chi connectivity index (χ4n) is 5.62. The number of aromatic nitrogens is 2. The summed E-state index contributed by atoms with van der Waals surface area (Å²) in [5.41, 5.74) is 4.75. The number of alkyl halides is 2. The molecule has 0 unspecified atom stereocenters. The number of carbonyl (C=O) groups is 2. The zero-order valence-electron chi connectivity index (χ0n) is 24.1. The largest absolute Gasteiger partial charge is 0.489 e. The highest BCUT2D eigenvalue weighted by molar-refractivity contribution is 6.05. The molecule has 0 aliphatic carbocycles. The number of benzene rings is 3. The average molecular weight is 606 g/mol. The third kappa shape index (κ3) is 5.98. The molecule has 44 heavy (non-hydrogen) atoms. The molecule has 4 aromatic rings. The van der Waals surface area contributed by atoms with Crippen LogP contribution in [0.15, 0.2) is 60.8 Å². The molecule has 0 bridgehead atoms. The van der Waals surface area contributed by atoms with Crippen molar-refractivity contribution >= 4 is 17.8 Å². The number of ether oxygens (including phenoxy) is 2. The lowest BCUT2D eigenvalue weighted by molar-refractivity contribution is -0.120. The molecule has 2 aliphatic heterocycles. The lowest BCUT2D eigenvalue weighted by Crippen LogP contribution is -2.50. The van der Waals surface area contributed by atoms with E-state index in [4.69, 9.17) is 9.47 Å². The first-order valence-electron chi connectivity index (χ1n) is 14.1. The zero-order chi connectivity index (χ0) is 31.0. The van der Waals surface area contributed by atoms with Gasteiger partial charge in [0.1, 0.15) is 35.6 Å². The molecule has 0 radical (unpaired) electrons. The van der Waals surface area contributed by atoms with E-state index in [1.165, 1.54) is 17.0 Å². The smallest absolute Gasteiger partial charge is 0.387 e. The molecule has 1 aromatic heterocycles. The van der Waals surface area contributed by atoms with Gasteiger partial charge in [-0.25, -0.2) is 14.2 Å². The molecule has 228 valence electrons. The standard InChI is InChI=1S/C32H30F3N5O4/c1-19-4-3-5-26(33)25(19)18-43-24-9-8-22(27(13-24)44-31(34)35)16-39-15-21-7-6-20(12-23(21)17-39)30-36-14-29(38(30)2)40-11-10-28(41)37-32(40)42/h3-9,12-14,31H,10-11,15-18H2,1-2H3,(H,37,41,42). The van der Waals surface area contributed by atoms with Gasteiger partial charge in [0, 0.05) is 62.4 Å². The van der Waals surface area contributed by atoms with Gasteiger partial charge in [-0.15, -0.1) is 0 Å². The van der Waals surface area contributed by atoms with E-state index < -0.39 is 18.5 Å². The van der Waals surface area contributed by atoms with Crippen molar-refractivity contribution < 1.29 is 32.2 Å². The number of aryl methyl sites for hydroxylation is 1. The average Bonchev–Trinajstić information content (AvgIpc) is 3.56. The highest BCUT2D eigenvalue weighted by Gasteiger charge is 2.28. The van der Waals surface area contributed by atoms with Gasteiger partial charge in [-0.3, -0.25) is 19.9 Å². The van der Waals surface area contributed by atoms with Crippen molar-refractivity contribution in [3.8, 4) is 22.9 Å². The van der Waals surface area contributed by atoms with E-state index in [1.54, 1.807) is 37.4 Å². The number of halogens is 3. The molecule has 0 saturated carbocycles. The van der Waals surface area contributed by atoms with Gasteiger partial charge in [0.25, 0.3) is 0 Å². The van der Waals surface area contributed by atoms with Gasteiger partial charge in [-0.05, 0) is 41.8 Å². The Hall–Kier alpha value is -4.84. The van der Waals surface area contributed by atoms with Gasteiger partial charge >= 0.3 is 12.6 Å². The first kappa shape index (κ1) is 29.2. The summed E-state index contributed by atoms with van der Waals surface area (Å²) in [6.07, 6.45) is 1.83. The Morgan fingerprint density at radius 2 is 1.86 bits per heavy atom. The van der Waals surface area contributed by atoms with Crippen LogP contribution < -0.4 is 19.7 Å². The van der Waals surface area contributed by atoms with Crippen LogP contribution >= 0.6 is 0 Å². The van der Waals surface area contributed by atoms with Gasteiger partial charge in [-0.2, -0.15) is 8.78 Å². The van der Waals surface area contributed by atoms with Gasteiger partial charge in [0.05, 0.1) is 6.20 Å². The predicted octanol–water partition coefficient (Wildman–Crippen LogP) is 5.68. The van der Waals surface area contributed by atoms with E-state index in [2.05, 4.69) is 15.2 Å². The minimum atomic E-state index is -3.02. The van der Waals surface area contributed by atoms with Crippen LogP contribution in [0.1, 0.15) is 34.2 Å². The first-order chi connectivity index (χ1) is 21.2. The molecule has 3 amide bonds. The number of rotatable bonds is 9. The van der Waals surface area contributed by atoms with Crippen molar-refractivity contribution in [3.05, 3.63) is 94.4 Å². The number of hydrogen-bond acceptors (Lipinski definition) is 6. The number of fused-ring (bicyclic) bond motifs is 1. The van der Waals surface area contributed by atoms with Crippen molar-refractivity contribution in [1.29, 1.82) is 0 Å². The van der Waals surface area contributed by atoms with Crippen LogP contribution in [-0.2, 0) is 38.1 Å². The molecule has 6 rings (SSSR count). The van der Waals surface area contributed by atoms with E-state index in [1.807, 2.05) is 29.8 Å². The Morgan fingerprint density at radius 1 is 1.05 bits per heavy atom. The second kappa shape index (κ2) is 12.0. The normalized spacial score (nSPS) is 15.1. The quantitative estimate of drug-likeness (QED) is 0.264. The number of nitrogens with zero attached hydrogens (tertiary/aromatic N) is 4. The van der Waals surface area contributed by atoms with Gasteiger partial charge in [0.15, 0.2) is 0 Å². The number of carbonyl (C=O) groups excluding carboxylic acids is 2. The molecule has 0 atom stereocenters. The summed E-state index contributed by atoms with van der Waals surface area (Å²) in [7, 11) is 1.82. The Balaban J connectivity index is 1.16. The molecule has 1 N–H and O–H groups in total. The van der Waals surface area contributed by atoms with Crippen LogP contribution in [0.5, 0.6) is 11.5 Å². The minimum Gasteiger partial charge on any atom is -0.489 e. The number of urea groups is 1. The van der Waals surface area contributed by atoms with Crippen LogP contribution in [0.4, 0.5) is 23.8 Å². The Labute approximate surface area is 251 Å². The van der Waals surface area contributed by atoms with Gasteiger partial charge in [-0.1, -0.05) is 30.3 Å². The number of amides is 3. The second-order valence-corrected chi connectivity index (χ2v) is 10.9. The van der Waals surface area contributed by atoms with E-state index in [0.29, 0.717) is 48.2 Å². The molecular weight excluding hydrogens is 575 g/mol. The minimum absolute atomic E-state index is 0.00314. The van der Waals surface area contributed by atoms with Crippen molar-refractivity contribution in [2.75, 3.05) is 11.4 Å². The highest BCUT2D eigenvalue weighted by atomic mass is 19.3. The summed E-state index contributed by atoms with van der Waals surface area (Å²) in [4.78, 5) is 32.0. The van der Waals surface area contributed by atoms with Crippen molar-refractivity contribution in [2.45, 2.75) is 46.2 Å². The van der Waals surface area contributed by atoms with Crippen LogP contribution in [0, 0.1) is 12.7 Å². The van der Waals surface area contributed by atoms with Crippen LogP contribution in [0.2, 0.25) is 0 Å². The summed E-state index contributed by atoms with van der Waals surface area (Å²) in [6.45, 7) is 0.541. The predicted molar refractivity (Wildman–Crippen MR) is 156 cm³/mol. The van der Waals surface area contributed by atoms with Gasteiger partial charge in [0.2, 0.25) is 5.91 Å². The number of imide groups is 1. The van der Waals surface area contributed by atoms with E-state index in [-0.39, 0.29) is 31.2 Å². The third-order valence-corrected chi connectivity index (χ3v) is 7.93. The van der Waals surface area contributed by atoms with E-state index >= 15 is 0 Å². The maximum atomic E-state index is 14.2. The SMILES string of the molecule is Cc1cccc(F)c1COc1ccc(CN2Cc3ccc(-c4ncc(N5CCC(=O)NC5=O)n4C)cc3C2)c(OC(F)F)c1. The van der Waals surface area contributed by atoms with Crippen LogP contribution in [0.25, 0.3) is 11.4 Å². The molecule has 2 aliphatic rings. The monoisotopic (exact) mass is 605 g/mol. The lowest BCUT2D eigenvalue weighted by Gasteiger charge is -2.26. The van der Waals surface area contributed by atoms with E-state index in [0.717, 1.165) is 22.3 Å². The Bertz CT molecular complexity index is 1720. The zero-order valence-corrected chi connectivity index (χ0v) is 24.1. The molecule has 9 nitrogen and oxygen atoms in total. The number of imidazole rings is 1. The summed E-state index contributed by atoms with van der Waals surface area (Å²) >= 11 is 0. The fraction of sp³-hybridized carbons (Fsp3) is 0.281. The summed E-state index contributed by atoms with van der Waals surface area (Å²) < 4.78 is 53.3. The maximum absolute atomic E-state index is 14.2. The van der Waals surface area contributed by atoms with Gasteiger partial charge < -0.3 is 14.0 Å². The third-order valence-electron chi connectivity index (χ3n) is 7.93. The Kier molecular flexibility index (Phi) is 8.00. The number of hydrogen-bond donors (Lipinski definition) is 1. The highest BCUT2D eigenvalue weighted by Crippen LogP contribution is 2.34. The molecular formula is C32H30F3N5O4. The first-order valence-corrected chi connectivity index (χ1v) is 14.1. The Morgan fingerprint density at radius 3 is 2.64 bits per heavy atom. The second-order valence-electron chi connectivity index (χ2n) is 10.9. The lowest BCUT2D eigenvalue weighted by atomic mass is 10.1. The van der Waals surface area contributed by atoms with E-state index in [9.17, 15) is 22.8 Å².